The van der Waals surface area contributed by atoms with Gasteiger partial charge in [-0.1, -0.05) is 0 Å². The van der Waals surface area contributed by atoms with Crippen LogP contribution in [-0.4, -0.2) is 61.9 Å². The Morgan fingerprint density at radius 3 is 3.05 bits per heavy atom. The van der Waals surface area contributed by atoms with E-state index >= 15 is 0 Å². The molecule has 1 unspecified atom stereocenters. The number of carbonyl (C=O) groups is 1. The first-order chi connectivity index (χ1) is 9.63. The second-order valence-electron chi connectivity index (χ2n) is 4.68. The summed E-state index contributed by atoms with van der Waals surface area (Å²) in [5, 5.41) is 9.05. The third-order valence-electron chi connectivity index (χ3n) is 3.27. The van der Waals surface area contributed by atoms with Gasteiger partial charge in [0.25, 0.3) is 0 Å². The zero-order valence-electron chi connectivity index (χ0n) is 11.3. The lowest BCUT2D eigenvalue weighted by atomic mass is 10.1. The Balaban J connectivity index is 1.99. The summed E-state index contributed by atoms with van der Waals surface area (Å²) in [5.41, 5.74) is 0.315. The van der Waals surface area contributed by atoms with Crippen molar-refractivity contribution in [1.82, 2.24) is 4.90 Å². The predicted octanol–water partition coefficient (Wildman–Crippen LogP) is 0.710. The van der Waals surface area contributed by atoms with Gasteiger partial charge in [0.2, 0.25) is 0 Å². The molecule has 1 heterocycles. The van der Waals surface area contributed by atoms with Crippen LogP contribution >= 0.6 is 0 Å². The van der Waals surface area contributed by atoms with Crippen molar-refractivity contribution in [3.63, 3.8) is 0 Å². The van der Waals surface area contributed by atoms with Crippen molar-refractivity contribution < 1.29 is 23.8 Å². The van der Waals surface area contributed by atoms with E-state index in [-0.39, 0.29) is 30.8 Å². The number of nitrogens with zero attached hydrogens (tertiary/aromatic N) is 1. The summed E-state index contributed by atoms with van der Waals surface area (Å²) in [6.07, 6.45) is -0.260. The SMILES string of the molecule is COc1ccc(C(=O)CN2CCOC(CO)C2)cc1F. The number of rotatable bonds is 5. The van der Waals surface area contributed by atoms with Gasteiger partial charge in [0, 0.05) is 18.7 Å². The van der Waals surface area contributed by atoms with Crippen molar-refractivity contribution >= 4 is 5.78 Å². The van der Waals surface area contributed by atoms with E-state index < -0.39 is 5.82 Å². The number of morpholine rings is 1. The van der Waals surface area contributed by atoms with Gasteiger partial charge >= 0.3 is 0 Å². The Bertz CT molecular complexity index is 480. The van der Waals surface area contributed by atoms with Gasteiger partial charge in [0.15, 0.2) is 17.3 Å². The molecule has 0 bridgehead atoms. The van der Waals surface area contributed by atoms with Crippen molar-refractivity contribution in [3.05, 3.63) is 29.6 Å². The van der Waals surface area contributed by atoms with E-state index in [9.17, 15) is 9.18 Å². The molecule has 0 aromatic heterocycles. The van der Waals surface area contributed by atoms with Crippen molar-refractivity contribution in [2.75, 3.05) is 40.0 Å². The van der Waals surface area contributed by atoms with E-state index in [0.29, 0.717) is 25.3 Å². The van der Waals surface area contributed by atoms with E-state index in [0.717, 1.165) is 0 Å². The van der Waals surface area contributed by atoms with Crippen LogP contribution in [0.15, 0.2) is 18.2 Å². The lowest BCUT2D eigenvalue weighted by Crippen LogP contribution is -2.45. The molecule has 2 rings (SSSR count). The zero-order chi connectivity index (χ0) is 14.5. The van der Waals surface area contributed by atoms with Crippen LogP contribution < -0.4 is 4.74 Å². The van der Waals surface area contributed by atoms with Gasteiger partial charge in [-0.25, -0.2) is 4.39 Å². The smallest absolute Gasteiger partial charge is 0.176 e. The van der Waals surface area contributed by atoms with Gasteiger partial charge in [0.1, 0.15) is 0 Å². The van der Waals surface area contributed by atoms with Gasteiger partial charge in [0.05, 0.1) is 33.0 Å². The topological polar surface area (TPSA) is 59.0 Å². The van der Waals surface area contributed by atoms with Crippen LogP contribution in [0.2, 0.25) is 0 Å². The summed E-state index contributed by atoms with van der Waals surface area (Å²) in [6.45, 7) is 1.73. The molecule has 1 saturated heterocycles. The summed E-state index contributed by atoms with van der Waals surface area (Å²) in [7, 11) is 1.38. The van der Waals surface area contributed by atoms with Gasteiger partial charge in [-0.05, 0) is 18.2 Å². The standard InChI is InChI=1S/C14H18FNO4/c1-19-14-3-2-10(6-12(14)15)13(18)8-16-4-5-20-11(7-16)9-17/h2-3,6,11,17H,4-5,7-9H2,1H3. The van der Waals surface area contributed by atoms with Crippen molar-refractivity contribution in [2.24, 2.45) is 0 Å². The van der Waals surface area contributed by atoms with Gasteiger partial charge in [-0.15, -0.1) is 0 Å². The molecule has 6 heteroatoms. The lowest BCUT2D eigenvalue weighted by molar-refractivity contribution is -0.0503. The molecule has 1 atom stereocenters. The summed E-state index contributed by atoms with van der Waals surface area (Å²) in [6, 6.07) is 4.18. The van der Waals surface area contributed by atoms with E-state index in [2.05, 4.69) is 0 Å². The van der Waals surface area contributed by atoms with Crippen LogP contribution in [-0.2, 0) is 4.74 Å². The molecular formula is C14H18FNO4. The Morgan fingerprint density at radius 2 is 2.40 bits per heavy atom. The molecule has 1 aromatic rings. The minimum atomic E-state index is -0.548. The van der Waals surface area contributed by atoms with Gasteiger partial charge in [-0.3, -0.25) is 9.69 Å². The molecule has 0 spiro atoms. The number of hydrogen-bond acceptors (Lipinski definition) is 5. The molecule has 1 aromatic carbocycles. The van der Waals surface area contributed by atoms with Gasteiger partial charge in [-0.2, -0.15) is 0 Å². The maximum atomic E-state index is 13.6. The molecule has 0 amide bonds. The first-order valence-corrected chi connectivity index (χ1v) is 6.45. The molecule has 0 radical (unpaired) electrons. The minimum Gasteiger partial charge on any atom is -0.494 e. The Morgan fingerprint density at radius 1 is 1.60 bits per heavy atom. The molecule has 1 aliphatic heterocycles. The second kappa shape index (κ2) is 6.78. The van der Waals surface area contributed by atoms with Crippen LogP contribution in [0.5, 0.6) is 5.75 Å². The molecular weight excluding hydrogens is 265 g/mol. The van der Waals surface area contributed by atoms with Crippen LogP contribution in [0, 0.1) is 5.82 Å². The van der Waals surface area contributed by atoms with E-state index in [1.54, 1.807) is 6.07 Å². The van der Waals surface area contributed by atoms with E-state index in [4.69, 9.17) is 14.6 Å². The summed E-state index contributed by atoms with van der Waals surface area (Å²) >= 11 is 0. The Labute approximate surface area is 116 Å². The highest BCUT2D eigenvalue weighted by atomic mass is 19.1. The predicted molar refractivity (Wildman–Crippen MR) is 70.5 cm³/mol. The number of Topliss-reactive ketones (excluding diaryl/α,β-unsaturated/α-hetero) is 1. The van der Waals surface area contributed by atoms with Crippen molar-refractivity contribution in [1.29, 1.82) is 0 Å². The zero-order valence-corrected chi connectivity index (χ0v) is 11.3. The first kappa shape index (κ1) is 14.9. The highest BCUT2D eigenvalue weighted by Gasteiger charge is 2.22. The maximum absolute atomic E-state index is 13.6. The monoisotopic (exact) mass is 283 g/mol. The normalized spacial score (nSPS) is 19.9. The number of ether oxygens (including phenoxy) is 2. The Kier molecular flexibility index (Phi) is 5.05. The number of aliphatic hydroxyl groups excluding tert-OH is 1. The number of ketones is 1. The number of benzene rings is 1. The Hall–Kier alpha value is -1.50. The fourth-order valence-corrected chi connectivity index (χ4v) is 2.17. The molecule has 5 nitrogen and oxygen atoms in total. The second-order valence-corrected chi connectivity index (χ2v) is 4.68. The average molecular weight is 283 g/mol. The highest BCUT2D eigenvalue weighted by Crippen LogP contribution is 2.18. The minimum absolute atomic E-state index is 0.0676. The van der Waals surface area contributed by atoms with Crippen molar-refractivity contribution in [2.45, 2.75) is 6.10 Å². The number of carbonyl (C=O) groups excluding carboxylic acids is 1. The van der Waals surface area contributed by atoms with E-state index in [1.807, 2.05) is 4.90 Å². The highest BCUT2D eigenvalue weighted by molar-refractivity contribution is 5.97. The summed E-state index contributed by atoms with van der Waals surface area (Å²) in [5.74, 6) is -0.591. The third kappa shape index (κ3) is 3.53. The maximum Gasteiger partial charge on any atom is 0.176 e. The van der Waals surface area contributed by atoms with Crippen LogP contribution in [0.3, 0.4) is 0 Å². The van der Waals surface area contributed by atoms with Crippen LogP contribution in [0.25, 0.3) is 0 Å². The molecule has 1 aliphatic rings. The van der Waals surface area contributed by atoms with Crippen LogP contribution in [0.4, 0.5) is 4.39 Å². The quantitative estimate of drug-likeness (QED) is 0.807. The van der Waals surface area contributed by atoms with Crippen molar-refractivity contribution in [3.8, 4) is 5.75 Å². The first-order valence-electron chi connectivity index (χ1n) is 6.45. The molecule has 1 fully saturated rings. The fraction of sp³-hybridized carbons (Fsp3) is 0.500. The molecule has 1 N–H and O–H groups in total. The summed E-state index contributed by atoms with van der Waals surface area (Å²) < 4.78 is 23.7. The van der Waals surface area contributed by atoms with E-state index in [1.165, 1.54) is 19.2 Å². The third-order valence-corrected chi connectivity index (χ3v) is 3.27. The summed E-state index contributed by atoms with van der Waals surface area (Å²) in [4.78, 5) is 14.0. The number of hydrogen-bond donors (Lipinski definition) is 1. The molecule has 20 heavy (non-hydrogen) atoms. The van der Waals surface area contributed by atoms with Crippen LogP contribution in [0.1, 0.15) is 10.4 Å². The fourth-order valence-electron chi connectivity index (χ4n) is 2.17. The number of aliphatic hydroxyl groups is 1. The number of halogens is 1. The van der Waals surface area contributed by atoms with Gasteiger partial charge < -0.3 is 14.6 Å². The lowest BCUT2D eigenvalue weighted by Gasteiger charge is -2.31. The number of methoxy groups -OCH3 is 1. The molecule has 0 aliphatic carbocycles. The molecule has 110 valence electrons. The average Bonchev–Trinajstić information content (AvgIpc) is 2.47. The largest absolute Gasteiger partial charge is 0.494 e. The molecule has 0 saturated carbocycles.